The topological polar surface area (TPSA) is 12.0 Å². The zero-order valence-corrected chi connectivity index (χ0v) is 10.1. The Morgan fingerprint density at radius 3 is 2.80 bits per heavy atom. The summed E-state index contributed by atoms with van der Waals surface area (Å²) in [4.78, 5) is 0. The van der Waals surface area contributed by atoms with E-state index in [1.54, 1.807) is 0 Å². The van der Waals surface area contributed by atoms with Gasteiger partial charge in [0, 0.05) is 11.1 Å². The van der Waals surface area contributed by atoms with E-state index < -0.39 is 0 Å². The van der Waals surface area contributed by atoms with Crippen LogP contribution in [0, 0.1) is 6.92 Å². The Morgan fingerprint density at radius 1 is 1.33 bits per heavy atom. The van der Waals surface area contributed by atoms with Crippen LogP contribution in [-0.4, -0.2) is 13.1 Å². The molecule has 1 aromatic carbocycles. The van der Waals surface area contributed by atoms with Crippen molar-refractivity contribution >= 4 is 11.6 Å². The maximum Gasteiger partial charge on any atom is 0.0438 e. The van der Waals surface area contributed by atoms with Gasteiger partial charge in [-0.15, -0.1) is 0 Å². The summed E-state index contributed by atoms with van der Waals surface area (Å²) in [5, 5.41) is 4.30. The molecule has 2 heteroatoms. The maximum atomic E-state index is 6.16. The molecule has 2 rings (SSSR count). The molecule has 1 saturated carbocycles. The normalized spacial score (nSPS) is 25.8. The Bertz CT molecular complexity index is 348. The number of likely N-dealkylation sites (N-methyl/N-ethyl adjacent to an activating group) is 1. The van der Waals surface area contributed by atoms with E-state index in [-0.39, 0.29) is 0 Å². The Hall–Kier alpha value is -0.530. The molecule has 1 fully saturated rings. The Labute approximate surface area is 96.8 Å². The fourth-order valence-corrected chi connectivity index (χ4v) is 2.73. The van der Waals surface area contributed by atoms with Crippen LogP contribution in [0.5, 0.6) is 0 Å². The average molecular weight is 224 g/mol. The summed E-state index contributed by atoms with van der Waals surface area (Å²) in [5.74, 6) is 0.646. The summed E-state index contributed by atoms with van der Waals surface area (Å²) in [6, 6.07) is 7.12. The Morgan fingerprint density at radius 2 is 2.13 bits per heavy atom. The lowest BCUT2D eigenvalue weighted by atomic mass is 9.93. The van der Waals surface area contributed by atoms with E-state index in [0.29, 0.717) is 12.0 Å². The second-order valence-electron chi connectivity index (χ2n) is 4.44. The van der Waals surface area contributed by atoms with Crippen LogP contribution in [0.1, 0.15) is 36.3 Å². The summed E-state index contributed by atoms with van der Waals surface area (Å²) in [7, 11) is 2.05. The van der Waals surface area contributed by atoms with Crippen molar-refractivity contribution in [3.05, 3.63) is 34.3 Å². The molecule has 0 heterocycles. The van der Waals surface area contributed by atoms with E-state index in [4.69, 9.17) is 11.6 Å². The van der Waals surface area contributed by atoms with Crippen molar-refractivity contribution in [1.29, 1.82) is 0 Å². The summed E-state index contributed by atoms with van der Waals surface area (Å²) in [6.07, 6.45) is 3.89. The van der Waals surface area contributed by atoms with Gasteiger partial charge >= 0.3 is 0 Å². The Balaban J connectivity index is 2.25. The van der Waals surface area contributed by atoms with Crippen LogP contribution in [0.4, 0.5) is 0 Å². The van der Waals surface area contributed by atoms with Crippen LogP contribution in [0.3, 0.4) is 0 Å². The van der Waals surface area contributed by atoms with Gasteiger partial charge in [-0.05, 0) is 49.9 Å². The van der Waals surface area contributed by atoms with Crippen LogP contribution in [0.25, 0.3) is 0 Å². The predicted octanol–water partition coefficient (Wildman–Crippen LogP) is 3.50. The maximum absolute atomic E-state index is 6.16. The molecule has 1 aromatic rings. The molecule has 1 N–H and O–H groups in total. The monoisotopic (exact) mass is 223 g/mol. The van der Waals surface area contributed by atoms with E-state index in [2.05, 4.69) is 37.5 Å². The van der Waals surface area contributed by atoms with Gasteiger partial charge in [-0.2, -0.15) is 0 Å². The fourth-order valence-electron chi connectivity index (χ4n) is 2.54. The van der Waals surface area contributed by atoms with Crippen molar-refractivity contribution in [2.75, 3.05) is 7.05 Å². The highest BCUT2D eigenvalue weighted by Crippen LogP contribution is 2.35. The quantitative estimate of drug-likeness (QED) is 0.809. The number of hydrogen-bond donors (Lipinski definition) is 1. The first-order valence-corrected chi connectivity index (χ1v) is 6.03. The van der Waals surface area contributed by atoms with Crippen LogP contribution in [0.2, 0.25) is 5.02 Å². The van der Waals surface area contributed by atoms with Crippen molar-refractivity contribution in [1.82, 2.24) is 5.32 Å². The molecule has 0 radical (unpaired) electrons. The molecular weight excluding hydrogens is 206 g/mol. The third-order valence-electron chi connectivity index (χ3n) is 3.51. The molecule has 0 amide bonds. The molecule has 15 heavy (non-hydrogen) atoms. The van der Waals surface area contributed by atoms with Gasteiger partial charge < -0.3 is 5.32 Å². The summed E-state index contributed by atoms with van der Waals surface area (Å²) in [6.45, 7) is 2.05. The molecule has 0 spiro atoms. The number of aryl methyl sites for hydroxylation is 1. The lowest BCUT2D eigenvalue weighted by Crippen LogP contribution is -2.27. The van der Waals surface area contributed by atoms with E-state index in [9.17, 15) is 0 Å². The first-order chi connectivity index (χ1) is 7.22. The van der Waals surface area contributed by atoms with Gasteiger partial charge in [0.05, 0.1) is 0 Å². The van der Waals surface area contributed by atoms with E-state index in [1.165, 1.54) is 30.4 Å². The minimum atomic E-state index is 0.628. The van der Waals surface area contributed by atoms with Gasteiger partial charge in [0.1, 0.15) is 0 Å². The molecule has 0 aromatic heterocycles. The molecule has 82 valence electrons. The average Bonchev–Trinajstić information content (AvgIpc) is 2.70. The lowest BCUT2D eigenvalue weighted by molar-refractivity contribution is 0.522. The van der Waals surface area contributed by atoms with Crippen molar-refractivity contribution in [3.8, 4) is 0 Å². The van der Waals surface area contributed by atoms with Crippen molar-refractivity contribution < 1.29 is 0 Å². The highest BCUT2D eigenvalue weighted by Gasteiger charge is 2.27. The molecule has 1 aliphatic carbocycles. The number of nitrogens with one attached hydrogen (secondary N) is 1. The number of rotatable bonds is 2. The standard InChI is InChI=1S/C13H18ClN/c1-9-6-7-10(8-12(9)14)11-4-3-5-13(11)15-2/h6-8,11,13,15H,3-5H2,1-2H3. The van der Waals surface area contributed by atoms with Crippen LogP contribution in [0.15, 0.2) is 18.2 Å². The lowest BCUT2D eigenvalue weighted by Gasteiger charge is -2.19. The first kappa shape index (κ1) is 11.0. The van der Waals surface area contributed by atoms with Gasteiger partial charge in [0.15, 0.2) is 0 Å². The molecule has 2 unspecified atom stereocenters. The molecule has 1 nitrogen and oxygen atoms in total. The smallest absolute Gasteiger partial charge is 0.0438 e. The second kappa shape index (κ2) is 4.54. The Kier molecular flexibility index (Phi) is 3.32. The van der Waals surface area contributed by atoms with Gasteiger partial charge in [-0.3, -0.25) is 0 Å². The molecule has 0 bridgehead atoms. The van der Waals surface area contributed by atoms with Crippen LogP contribution in [-0.2, 0) is 0 Å². The van der Waals surface area contributed by atoms with E-state index in [0.717, 1.165) is 5.02 Å². The minimum Gasteiger partial charge on any atom is -0.316 e. The van der Waals surface area contributed by atoms with Gasteiger partial charge in [0.2, 0.25) is 0 Å². The first-order valence-electron chi connectivity index (χ1n) is 5.65. The van der Waals surface area contributed by atoms with E-state index in [1.807, 2.05) is 0 Å². The van der Waals surface area contributed by atoms with Crippen LogP contribution < -0.4 is 5.32 Å². The number of halogens is 1. The molecule has 0 aliphatic heterocycles. The van der Waals surface area contributed by atoms with Crippen LogP contribution >= 0.6 is 11.6 Å². The van der Waals surface area contributed by atoms with Crippen molar-refractivity contribution in [3.63, 3.8) is 0 Å². The molecule has 1 aliphatic rings. The summed E-state index contributed by atoms with van der Waals surface area (Å²) in [5.41, 5.74) is 2.56. The van der Waals surface area contributed by atoms with Crippen molar-refractivity contribution in [2.24, 2.45) is 0 Å². The van der Waals surface area contributed by atoms with Gasteiger partial charge in [-0.25, -0.2) is 0 Å². The SMILES string of the molecule is CNC1CCCC1c1ccc(C)c(Cl)c1. The molecular formula is C13H18ClN. The van der Waals surface area contributed by atoms with E-state index >= 15 is 0 Å². The molecule has 0 saturated heterocycles. The predicted molar refractivity (Wildman–Crippen MR) is 65.6 cm³/mol. The minimum absolute atomic E-state index is 0.628. The summed E-state index contributed by atoms with van der Waals surface area (Å²) >= 11 is 6.16. The zero-order chi connectivity index (χ0) is 10.8. The van der Waals surface area contributed by atoms with Gasteiger partial charge in [0.25, 0.3) is 0 Å². The highest BCUT2D eigenvalue weighted by molar-refractivity contribution is 6.31. The van der Waals surface area contributed by atoms with Gasteiger partial charge in [-0.1, -0.05) is 30.2 Å². The largest absolute Gasteiger partial charge is 0.316 e. The zero-order valence-electron chi connectivity index (χ0n) is 9.39. The number of hydrogen-bond acceptors (Lipinski definition) is 1. The highest BCUT2D eigenvalue weighted by atomic mass is 35.5. The fraction of sp³-hybridized carbons (Fsp3) is 0.538. The number of benzene rings is 1. The second-order valence-corrected chi connectivity index (χ2v) is 4.85. The summed E-state index contributed by atoms with van der Waals surface area (Å²) < 4.78 is 0. The molecule has 2 atom stereocenters. The third kappa shape index (κ3) is 2.19. The third-order valence-corrected chi connectivity index (χ3v) is 3.92. The van der Waals surface area contributed by atoms with Crippen molar-refractivity contribution in [2.45, 2.75) is 38.1 Å².